The van der Waals surface area contributed by atoms with Crippen LogP contribution in [0.5, 0.6) is 0 Å². The maximum absolute atomic E-state index is 12.3. The largest absolute Gasteiger partial charge is 1.00 e. The van der Waals surface area contributed by atoms with E-state index in [4.69, 9.17) is 86.9 Å². The number of unbranched alkanes of at least 4 members (excludes halogenated alkanes) is 5. The third kappa shape index (κ3) is 39.3. The zero-order chi connectivity index (χ0) is 88.4. The molecule has 7 unspecified atom stereocenters. The summed E-state index contributed by atoms with van der Waals surface area (Å²) in [5.41, 5.74) is 19.3. The van der Waals surface area contributed by atoms with Gasteiger partial charge in [0.15, 0.2) is 0 Å². The number of ether oxygens (including phenoxy) is 2. The first-order valence-electron chi connectivity index (χ1n) is 38.4. The molecular formula is C80H100CeCl7LiN13O13S7. The molecule has 4 aromatic rings. The molecule has 0 spiro atoms. The molecule has 0 aromatic heterocycles. The number of urea groups is 5. The molecule has 0 aliphatic carbocycles. The Bertz CT molecular complexity index is 4020. The molecule has 0 saturated carbocycles. The van der Waals surface area contributed by atoms with Crippen molar-refractivity contribution in [2.45, 2.75) is 174 Å². The van der Waals surface area contributed by atoms with Gasteiger partial charge in [-0.2, -0.15) is 41.4 Å². The third-order valence-electron chi connectivity index (χ3n) is 18.7. The number of thiol groups is 1. The smallest absolute Gasteiger partial charge is 1.00 e. The monoisotopic (exact) mass is 2070 g/mol. The van der Waals surface area contributed by atoms with Gasteiger partial charge in [-0.25, -0.2) is 33.6 Å². The number of rotatable bonds is 34. The van der Waals surface area contributed by atoms with Crippen LogP contribution in [-0.4, -0.2) is 222 Å². The number of carboxylic acid groups (broad SMARTS) is 1. The summed E-state index contributed by atoms with van der Waals surface area (Å²) >= 11 is 30.5. The maximum Gasteiger partial charge on any atom is 1.00 e. The molecule has 42 heteroatoms. The Labute approximate surface area is 799 Å². The Morgan fingerprint density at radius 1 is 0.631 bits per heavy atom. The van der Waals surface area contributed by atoms with E-state index in [-0.39, 0.29) is 97.5 Å². The Hall–Kier alpha value is -4.30. The van der Waals surface area contributed by atoms with Crippen molar-refractivity contribution >= 4 is 205 Å². The molecule has 8 fully saturated rings. The number of alkyl halides is 2. The molecule has 0 radical (unpaired) electrons. The number of amides is 12. The number of carboxylic acids is 1. The Balaban J connectivity index is 0.000000301. The molecule has 8 heterocycles. The summed E-state index contributed by atoms with van der Waals surface area (Å²) in [6.07, 6.45) is 24.0. The number of nitrogens with one attached hydrogen (secondary N) is 8. The number of fused-ring (bicyclic) bond motifs is 3. The Morgan fingerprint density at radius 2 is 1.10 bits per heavy atom. The van der Waals surface area contributed by atoms with Crippen molar-refractivity contribution in [2.75, 3.05) is 66.2 Å². The quantitative estimate of drug-likeness (QED) is 0.00177. The van der Waals surface area contributed by atoms with Gasteiger partial charge in [-0.3, -0.25) is 33.8 Å². The number of nitriles is 1. The minimum Gasteiger partial charge on any atom is 1.00 e. The van der Waals surface area contributed by atoms with E-state index in [2.05, 4.69) is 111 Å². The van der Waals surface area contributed by atoms with E-state index in [0.29, 0.717) is 90.3 Å². The second kappa shape index (κ2) is 63.6. The fourth-order valence-electron chi connectivity index (χ4n) is 12.8. The fraction of sp³-hybridized carbons (Fsp3) is 0.487. The first-order chi connectivity index (χ1) is 58.4. The van der Waals surface area contributed by atoms with Crippen molar-refractivity contribution in [2.24, 2.45) is 0 Å². The second-order valence-corrected chi connectivity index (χ2v) is 49.5. The minimum absolute atomic E-state index is 0. The maximum atomic E-state index is 12.3. The number of hydrogen-bond donors (Lipinski definition) is 10. The van der Waals surface area contributed by atoms with E-state index in [9.17, 15) is 47.9 Å². The predicted octanol–water partition coefficient (Wildman–Crippen LogP) is 11.6. The van der Waals surface area contributed by atoms with Gasteiger partial charge in [-0.15, -0.1) is 41.4 Å². The van der Waals surface area contributed by atoms with Crippen molar-refractivity contribution in [1.29, 1.82) is 5.26 Å². The number of terminal acetylenes is 1. The average Bonchev–Trinajstić information content (AvgIpc) is 1.67. The molecule has 4 aromatic carbocycles. The van der Waals surface area contributed by atoms with Crippen LogP contribution >= 0.6 is 145 Å². The van der Waals surface area contributed by atoms with Gasteiger partial charge in [0.2, 0.25) is 0 Å². The van der Waals surface area contributed by atoms with Crippen LogP contribution in [0.25, 0.3) is 0 Å². The van der Waals surface area contributed by atoms with Crippen LogP contribution in [0.1, 0.15) is 99.3 Å². The van der Waals surface area contributed by atoms with Crippen molar-refractivity contribution in [1.82, 2.24) is 61.2 Å². The van der Waals surface area contributed by atoms with Gasteiger partial charge >= 0.3 is 114 Å². The standard InChI is InChI=1S/C17H21N3OS.C16H19ClN2OS.C13H12N2O2S.C11H12N2O2S.C10H16N2O3S.C8H14Cl2N2O4S2.C5H6Cl.Ce.3ClH.Li/c18-10-6-2-5-9-15-16-14(12-22-15)19-17(21)20(16)11-13-7-3-1-4-8-13;17-9-5-4-8-14-15-13(11-21-14)18-16(20)19(15)10-12-6-2-1-3-7-12;1-2-18-9-11-12(16)15(13(17)14-11)8-10-6-4-3-5-7-10;14-10-9(7-16)12-11(15)13(10)6-8-4-2-1-3-5-8;13-8(14)4-2-1-3-7-9-6(5-16-7)11-10(15)12-9;1-15-7(13)5(11-9)3-17-18-4-6(12-10)8(14)16-2;1-2-3-4-5-6;;;;;/h1,3-4,7-8,14-16H,2,5-6,9,11-12H2,(H,19,21);1-3,6-8,13,15H,4-5,9-11H2,(H,18,20);1,3-7,11H,8-9H2,(H,14,17);1-5,9,16H,6-7H2,(H,12,15);6-7,9H,1-5H2,(H,13,14)(H2,11,12,15);5-6,11-12H,3-4H2,1-2H3;3-5H2;;3*1H;/q;;;;;;-1;+3;;;;+1/p-3/b;14-8+;;;;;;;;;;/t14?,15-,16-;13?,15-;;;6?,7-,9-;;;;;;;/m00..0......./s1. The van der Waals surface area contributed by atoms with Crippen molar-refractivity contribution in [3.05, 3.63) is 161 Å². The number of thioether (sulfide) groups is 4. The van der Waals surface area contributed by atoms with Crippen LogP contribution < -0.4 is 60.4 Å². The van der Waals surface area contributed by atoms with Gasteiger partial charge in [0.1, 0.15) is 24.2 Å². The van der Waals surface area contributed by atoms with E-state index < -0.39 is 72.7 Å². The topological polar surface area (TPSA) is 342 Å². The summed E-state index contributed by atoms with van der Waals surface area (Å²) in [4.78, 5) is 128. The number of carbonyl (C=O) groups is 10. The first-order valence-corrected chi connectivity index (χ1v) is 59.2. The molecule has 12 rings (SSSR count). The summed E-state index contributed by atoms with van der Waals surface area (Å²) in [5, 5.41) is 37.7. The van der Waals surface area contributed by atoms with Gasteiger partial charge in [-0.1, -0.05) is 174 Å². The van der Waals surface area contributed by atoms with Crippen LogP contribution in [0, 0.1) is 66.0 Å². The van der Waals surface area contributed by atoms with Gasteiger partial charge < -0.3 is 68.6 Å². The number of imide groups is 2. The molecule has 8 saturated heterocycles. The number of allylic oxidation sites excluding steroid dienone is 1. The molecule has 8 aliphatic heterocycles. The van der Waals surface area contributed by atoms with E-state index in [1.807, 2.05) is 142 Å². The number of methoxy groups -OCH3 is 2. The molecular weight excluding hydrogens is 1970 g/mol. The number of nitrogens with zero attached hydrogens (tertiary/aromatic N) is 5. The predicted molar refractivity (Wildman–Crippen MR) is 492 cm³/mol. The fourth-order valence-corrected chi connectivity index (χ4v) is 21.1. The molecule has 26 nitrogen and oxygen atoms in total. The zero-order valence-electron chi connectivity index (χ0n) is 67.4. The summed E-state index contributed by atoms with van der Waals surface area (Å²) in [5.74, 6) is 6.00. The van der Waals surface area contributed by atoms with Crippen LogP contribution in [0.15, 0.2) is 132 Å². The number of benzene rings is 4. The van der Waals surface area contributed by atoms with E-state index in [1.54, 1.807) is 0 Å². The summed E-state index contributed by atoms with van der Waals surface area (Å²) in [6, 6.07) is 40.0. The van der Waals surface area contributed by atoms with Crippen LogP contribution in [0.4, 0.5) is 24.0 Å². The Kier molecular flexibility index (Phi) is 57.4. The van der Waals surface area contributed by atoms with Gasteiger partial charge in [0.05, 0.1) is 69.6 Å². The van der Waals surface area contributed by atoms with Crippen LogP contribution in [-0.2, 0) is 59.6 Å². The normalized spacial score (nSPS) is 21.5. The molecule has 0 bridgehead atoms. The number of aliphatic carboxylic acids is 1. The van der Waals surface area contributed by atoms with Crippen LogP contribution in [0.2, 0.25) is 0 Å². The molecule has 659 valence electrons. The van der Waals surface area contributed by atoms with Crippen molar-refractivity contribution in [3.8, 4) is 23.7 Å². The van der Waals surface area contributed by atoms with Crippen LogP contribution in [0.3, 0.4) is 0 Å². The molecule has 8 aliphatic rings. The van der Waals surface area contributed by atoms with Gasteiger partial charge in [0, 0.05) is 93.4 Å². The molecule has 12 amide bonds. The molecule has 122 heavy (non-hydrogen) atoms. The number of esters is 2. The SMILES string of the molecule is C#CSCC1NC(=O)N(Cc2ccccc2)C1=O.COC(=O)C(CSSCC(NCl)C(=O)OC)NCl.N#CCCCC[C@@H]1SCC2NC(=O)N(Cc3ccccc3)[C@@H]21.O=C(O)CCCC[C@@H]1SCC2NC(=O)N[C@@H]21.O=C1NC(CS)C(=O)N1Cc1ccccc1.O=C1NC2CS/C(=C/CCCCl)[C@H]2N1Cc1ccccc1.[C-]#CCCCCl.[Cl][Ce]([Cl])[Cl].[Li+]. The average molecular weight is 2070 g/mol. The van der Waals surface area contributed by atoms with E-state index in [1.165, 1.54) is 73.4 Å². The first kappa shape index (κ1) is 110. The van der Waals surface area contributed by atoms with Gasteiger partial charge in [-0.05, 0) is 102 Å². The molecule has 12 atom stereocenters. The number of hydrogen-bond acceptors (Lipinski definition) is 22. The minimum atomic E-state index is -2.24. The van der Waals surface area contributed by atoms with Gasteiger partial charge in [0.25, 0.3) is 11.8 Å². The van der Waals surface area contributed by atoms with Crippen molar-refractivity contribution in [3.63, 3.8) is 0 Å². The third-order valence-corrected chi connectivity index (χ3v) is 27.5. The number of halogens is 7. The number of carbonyl (C=O) groups excluding carboxylic acids is 9. The summed E-state index contributed by atoms with van der Waals surface area (Å²) in [7, 11) is 5.30. The van der Waals surface area contributed by atoms with E-state index in [0.717, 1.165) is 86.2 Å². The van der Waals surface area contributed by atoms with Crippen molar-refractivity contribution < 1.29 is 112 Å². The molecule has 9 N–H and O–H groups in total. The Morgan fingerprint density at radius 3 is 1.57 bits per heavy atom. The van der Waals surface area contributed by atoms with E-state index >= 15 is 0 Å². The zero-order valence-corrected chi connectivity index (χ0v) is 81.7. The summed E-state index contributed by atoms with van der Waals surface area (Å²) in [6.45, 7) is 1.96. The second-order valence-electron chi connectivity index (χ2n) is 27.1. The summed E-state index contributed by atoms with van der Waals surface area (Å²) < 4.78 is 9.08.